The highest BCUT2D eigenvalue weighted by molar-refractivity contribution is 6.05. The number of amides is 2. The Balaban J connectivity index is 1.69. The molecule has 28 heavy (non-hydrogen) atoms. The average Bonchev–Trinajstić information content (AvgIpc) is 2.66. The lowest BCUT2D eigenvalue weighted by atomic mass is 10.1. The lowest BCUT2D eigenvalue weighted by Gasteiger charge is -2.09. The third kappa shape index (κ3) is 4.79. The van der Waals surface area contributed by atoms with Crippen LogP contribution in [0.1, 0.15) is 37.4 Å². The van der Waals surface area contributed by atoms with Gasteiger partial charge in [-0.2, -0.15) is 0 Å². The van der Waals surface area contributed by atoms with Gasteiger partial charge in [0.05, 0.1) is 11.1 Å². The maximum Gasteiger partial charge on any atom is 0.257 e. The summed E-state index contributed by atoms with van der Waals surface area (Å²) in [4.78, 5) is 28.8. The maximum absolute atomic E-state index is 13.7. The van der Waals surface area contributed by atoms with E-state index < -0.39 is 5.91 Å². The van der Waals surface area contributed by atoms with Crippen LogP contribution in [0.25, 0.3) is 0 Å². The van der Waals surface area contributed by atoms with Crippen LogP contribution in [0, 0.1) is 19.7 Å². The number of hydrogen-bond donors (Lipinski definition) is 2. The van der Waals surface area contributed by atoms with Crippen molar-refractivity contribution < 1.29 is 14.0 Å². The van der Waals surface area contributed by atoms with Crippen molar-refractivity contribution in [1.82, 2.24) is 10.3 Å². The summed E-state index contributed by atoms with van der Waals surface area (Å²) >= 11 is 0. The molecule has 0 saturated heterocycles. The van der Waals surface area contributed by atoms with E-state index in [2.05, 4.69) is 15.6 Å². The number of rotatable bonds is 5. The second-order valence-corrected chi connectivity index (χ2v) is 6.57. The Morgan fingerprint density at radius 1 is 0.929 bits per heavy atom. The van der Waals surface area contributed by atoms with Crippen LogP contribution in [0.5, 0.6) is 0 Å². The molecule has 0 aliphatic carbocycles. The largest absolute Gasteiger partial charge is 0.348 e. The Kier molecular flexibility index (Phi) is 5.79. The highest BCUT2D eigenvalue weighted by atomic mass is 19.1. The van der Waals surface area contributed by atoms with E-state index in [1.807, 2.05) is 32.0 Å². The van der Waals surface area contributed by atoms with Crippen molar-refractivity contribution in [2.24, 2.45) is 0 Å². The van der Waals surface area contributed by atoms with E-state index in [1.54, 1.807) is 18.2 Å². The number of halogens is 1. The molecule has 0 aliphatic heterocycles. The summed E-state index contributed by atoms with van der Waals surface area (Å²) in [6.07, 6.45) is 2.76. The lowest BCUT2D eigenvalue weighted by molar-refractivity contribution is 0.0950. The number of aryl methyl sites for hydroxylation is 2. The predicted molar refractivity (Wildman–Crippen MR) is 106 cm³/mol. The smallest absolute Gasteiger partial charge is 0.257 e. The average molecular weight is 377 g/mol. The molecule has 0 spiro atoms. The molecule has 1 aromatic heterocycles. The molecule has 2 N–H and O–H groups in total. The first-order valence-electron chi connectivity index (χ1n) is 8.78. The molecule has 2 aromatic carbocycles. The van der Waals surface area contributed by atoms with Crippen molar-refractivity contribution in [1.29, 1.82) is 0 Å². The van der Waals surface area contributed by atoms with Crippen molar-refractivity contribution in [3.05, 3.63) is 94.6 Å². The van der Waals surface area contributed by atoms with E-state index in [1.165, 1.54) is 24.5 Å². The monoisotopic (exact) mass is 377 g/mol. The molecule has 0 fully saturated rings. The van der Waals surface area contributed by atoms with E-state index in [9.17, 15) is 14.0 Å². The van der Waals surface area contributed by atoms with Crippen LogP contribution in [0.3, 0.4) is 0 Å². The number of aromatic nitrogens is 1. The van der Waals surface area contributed by atoms with Gasteiger partial charge >= 0.3 is 0 Å². The fourth-order valence-electron chi connectivity index (χ4n) is 2.86. The molecule has 0 unspecified atom stereocenters. The Bertz CT molecular complexity index is 1010. The zero-order valence-corrected chi connectivity index (χ0v) is 15.6. The van der Waals surface area contributed by atoms with Gasteiger partial charge in [-0.15, -0.1) is 0 Å². The second-order valence-electron chi connectivity index (χ2n) is 6.57. The molecule has 142 valence electrons. The number of carbonyl (C=O) groups is 2. The molecule has 3 rings (SSSR count). The summed E-state index contributed by atoms with van der Waals surface area (Å²) in [6.45, 7) is 3.94. The molecule has 0 radical (unpaired) electrons. The van der Waals surface area contributed by atoms with Gasteiger partial charge < -0.3 is 10.6 Å². The zero-order chi connectivity index (χ0) is 20.1. The standard InChI is InChI=1S/C22H20FN3O2/c1-14-7-15(2)9-19(8-14)26-22(28)18-10-17(11-24-12-18)21(27)25-13-16-5-3-4-6-20(16)23/h3-12H,13H2,1-2H3,(H,25,27)(H,26,28). The van der Waals surface area contributed by atoms with E-state index in [-0.39, 0.29) is 29.4 Å². The molecule has 0 bridgehead atoms. The number of benzene rings is 2. The van der Waals surface area contributed by atoms with Gasteiger partial charge in [-0.05, 0) is 49.2 Å². The van der Waals surface area contributed by atoms with Gasteiger partial charge in [0, 0.05) is 30.2 Å². The molecule has 0 saturated carbocycles. The first-order valence-corrected chi connectivity index (χ1v) is 8.78. The van der Waals surface area contributed by atoms with Crippen LogP contribution in [-0.4, -0.2) is 16.8 Å². The summed E-state index contributed by atoms with van der Waals surface area (Å²) in [5.41, 5.74) is 3.62. The minimum atomic E-state index is -0.434. The molecule has 5 nitrogen and oxygen atoms in total. The summed E-state index contributed by atoms with van der Waals surface area (Å²) in [5.74, 6) is -1.18. The fourth-order valence-corrected chi connectivity index (χ4v) is 2.86. The maximum atomic E-state index is 13.7. The van der Waals surface area contributed by atoms with Crippen molar-refractivity contribution in [3.8, 4) is 0 Å². The van der Waals surface area contributed by atoms with Gasteiger partial charge in [0.2, 0.25) is 0 Å². The lowest BCUT2D eigenvalue weighted by Crippen LogP contribution is -2.24. The van der Waals surface area contributed by atoms with E-state index >= 15 is 0 Å². The highest BCUT2D eigenvalue weighted by Gasteiger charge is 2.12. The second kappa shape index (κ2) is 8.43. The predicted octanol–water partition coefficient (Wildman–Crippen LogP) is 4.02. The summed E-state index contributed by atoms with van der Waals surface area (Å²) in [7, 11) is 0. The highest BCUT2D eigenvalue weighted by Crippen LogP contribution is 2.15. The van der Waals surface area contributed by atoms with Crippen LogP contribution in [-0.2, 0) is 6.54 Å². The van der Waals surface area contributed by atoms with Crippen LogP contribution in [0.4, 0.5) is 10.1 Å². The van der Waals surface area contributed by atoms with Crippen molar-refractivity contribution in [3.63, 3.8) is 0 Å². The van der Waals surface area contributed by atoms with Gasteiger partial charge in [-0.25, -0.2) is 4.39 Å². The summed E-state index contributed by atoms with van der Waals surface area (Å²) in [5, 5.41) is 5.45. The third-order valence-electron chi connectivity index (χ3n) is 4.14. The summed E-state index contributed by atoms with van der Waals surface area (Å²) in [6, 6.07) is 13.4. The first kappa shape index (κ1) is 19.2. The molecular weight excluding hydrogens is 357 g/mol. The number of nitrogens with one attached hydrogen (secondary N) is 2. The molecule has 6 heteroatoms. The van der Waals surface area contributed by atoms with Crippen LogP contribution in [0.2, 0.25) is 0 Å². The van der Waals surface area contributed by atoms with Gasteiger partial charge in [-0.1, -0.05) is 24.3 Å². The quantitative estimate of drug-likeness (QED) is 0.705. The van der Waals surface area contributed by atoms with Gasteiger partial charge in [0.25, 0.3) is 11.8 Å². The van der Waals surface area contributed by atoms with Gasteiger partial charge in [0.1, 0.15) is 5.82 Å². The van der Waals surface area contributed by atoms with Gasteiger partial charge in [0.15, 0.2) is 0 Å². The Labute approximate surface area is 162 Å². The molecule has 3 aromatic rings. The Morgan fingerprint density at radius 3 is 2.25 bits per heavy atom. The molecule has 0 atom stereocenters. The Hall–Kier alpha value is -3.54. The number of anilines is 1. The molecule has 2 amide bonds. The Morgan fingerprint density at radius 2 is 1.57 bits per heavy atom. The number of pyridine rings is 1. The van der Waals surface area contributed by atoms with Crippen molar-refractivity contribution in [2.45, 2.75) is 20.4 Å². The normalized spacial score (nSPS) is 10.4. The number of carbonyl (C=O) groups excluding carboxylic acids is 2. The summed E-state index contributed by atoms with van der Waals surface area (Å²) < 4.78 is 13.7. The number of nitrogens with zero attached hydrogens (tertiary/aromatic N) is 1. The van der Waals surface area contributed by atoms with Crippen molar-refractivity contribution >= 4 is 17.5 Å². The minimum absolute atomic E-state index is 0.0461. The van der Waals surface area contributed by atoms with Crippen LogP contribution >= 0.6 is 0 Å². The van der Waals surface area contributed by atoms with Crippen molar-refractivity contribution in [2.75, 3.05) is 5.32 Å². The minimum Gasteiger partial charge on any atom is -0.348 e. The van der Waals surface area contributed by atoms with Crippen LogP contribution in [0.15, 0.2) is 60.9 Å². The van der Waals surface area contributed by atoms with Gasteiger partial charge in [-0.3, -0.25) is 14.6 Å². The molecule has 1 heterocycles. The third-order valence-corrected chi connectivity index (χ3v) is 4.14. The molecule has 0 aliphatic rings. The first-order chi connectivity index (χ1) is 13.4. The van der Waals surface area contributed by atoms with E-state index in [0.29, 0.717) is 11.3 Å². The van der Waals surface area contributed by atoms with Crippen LogP contribution < -0.4 is 10.6 Å². The zero-order valence-electron chi connectivity index (χ0n) is 15.6. The van der Waals surface area contributed by atoms with E-state index in [4.69, 9.17) is 0 Å². The SMILES string of the molecule is Cc1cc(C)cc(NC(=O)c2cncc(C(=O)NCc3ccccc3F)c2)c1. The number of hydrogen-bond acceptors (Lipinski definition) is 3. The topological polar surface area (TPSA) is 71.1 Å². The van der Waals surface area contributed by atoms with E-state index in [0.717, 1.165) is 11.1 Å². The molecular formula is C22H20FN3O2. The fraction of sp³-hybridized carbons (Fsp3) is 0.136.